The van der Waals surface area contributed by atoms with Crippen LogP contribution in [-0.4, -0.2) is 39.3 Å². The summed E-state index contributed by atoms with van der Waals surface area (Å²) in [6, 6.07) is 16.0. The Kier molecular flexibility index (Phi) is 5.02. The topological polar surface area (TPSA) is 36.4 Å². The number of benzene rings is 1. The molecule has 4 nitrogen and oxygen atoms in total. The van der Waals surface area contributed by atoms with E-state index in [2.05, 4.69) is 51.2 Å². The van der Waals surface area contributed by atoms with Crippen LogP contribution in [0, 0.1) is 0 Å². The lowest BCUT2D eigenvalue weighted by Gasteiger charge is -2.33. The molecule has 0 radical (unpaired) electrons. The molecule has 4 rings (SSSR count). The Morgan fingerprint density at radius 2 is 1.96 bits per heavy atom. The number of aromatic nitrogens is 1. The number of amides is 1. The fourth-order valence-corrected chi connectivity index (χ4v) is 4.79. The number of hydrogen-bond acceptors (Lipinski definition) is 3. The quantitative estimate of drug-likeness (QED) is 0.846. The normalized spacial score (nSPS) is 26.3. The number of nitrogens with zero attached hydrogens (tertiary/aromatic N) is 3. The van der Waals surface area contributed by atoms with E-state index in [4.69, 9.17) is 0 Å². The Morgan fingerprint density at radius 3 is 2.69 bits per heavy atom. The molecule has 3 heterocycles. The van der Waals surface area contributed by atoms with Crippen LogP contribution in [0.25, 0.3) is 0 Å². The van der Waals surface area contributed by atoms with Crippen LogP contribution in [0.1, 0.15) is 49.8 Å². The van der Waals surface area contributed by atoms with Gasteiger partial charge in [-0.15, -0.1) is 0 Å². The Hall–Kier alpha value is -2.20. The van der Waals surface area contributed by atoms with E-state index in [1.807, 2.05) is 18.5 Å². The predicted molar refractivity (Wildman–Crippen MR) is 102 cm³/mol. The van der Waals surface area contributed by atoms with Crippen molar-refractivity contribution in [1.29, 1.82) is 0 Å². The molecule has 2 aromatic rings. The van der Waals surface area contributed by atoms with Crippen molar-refractivity contribution in [2.75, 3.05) is 6.54 Å². The van der Waals surface area contributed by atoms with Crippen LogP contribution in [0.5, 0.6) is 0 Å². The van der Waals surface area contributed by atoms with Crippen molar-refractivity contribution in [3.63, 3.8) is 0 Å². The summed E-state index contributed by atoms with van der Waals surface area (Å²) in [7, 11) is 0. The first kappa shape index (κ1) is 17.2. The number of likely N-dealkylation sites (tertiary alicyclic amines) is 2. The van der Waals surface area contributed by atoms with Gasteiger partial charge in [-0.05, 0) is 36.5 Å². The number of fused-ring (bicyclic) bond motifs is 1. The molecule has 1 amide bonds. The van der Waals surface area contributed by atoms with Gasteiger partial charge in [0.2, 0.25) is 5.91 Å². The van der Waals surface area contributed by atoms with Gasteiger partial charge >= 0.3 is 0 Å². The molecule has 1 aromatic heterocycles. The lowest BCUT2D eigenvalue weighted by molar-refractivity contribution is -0.131. The number of rotatable bonds is 3. The average Bonchev–Trinajstić information content (AvgIpc) is 2.87. The van der Waals surface area contributed by atoms with Gasteiger partial charge in [-0.1, -0.05) is 42.8 Å². The van der Waals surface area contributed by atoms with Crippen LogP contribution in [-0.2, 0) is 11.3 Å². The van der Waals surface area contributed by atoms with E-state index in [1.165, 1.54) is 17.5 Å². The third kappa shape index (κ3) is 3.38. The van der Waals surface area contributed by atoms with E-state index < -0.39 is 0 Å². The maximum Gasteiger partial charge on any atom is 0.219 e. The molecular weight excluding hydrogens is 322 g/mol. The summed E-state index contributed by atoms with van der Waals surface area (Å²) in [5.41, 5.74) is 2.60. The van der Waals surface area contributed by atoms with Crippen molar-refractivity contribution < 1.29 is 4.79 Å². The Morgan fingerprint density at radius 1 is 1.12 bits per heavy atom. The number of carbonyl (C=O) groups excluding carboxylic acids is 1. The minimum atomic E-state index is 0.219. The second-order valence-electron chi connectivity index (χ2n) is 7.54. The zero-order chi connectivity index (χ0) is 17.9. The van der Waals surface area contributed by atoms with Gasteiger partial charge < -0.3 is 4.90 Å². The van der Waals surface area contributed by atoms with Crippen LogP contribution in [0.15, 0.2) is 54.9 Å². The van der Waals surface area contributed by atoms with E-state index in [-0.39, 0.29) is 5.91 Å². The first-order valence-electron chi connectivity index (χ1n) is 9.71. The summed E-state index contributed by atoms with van der Waals surface area (Å²) in [5, 5.41) is 0. The van der Waals surface area contributed by atoms with Gasteiger partial charge in [0.1, 0.15) is 0 Å². The van der Waals surface area contributed by atoms with Gasteiger partial charge in [0.15, 0.2) is 0 Å². The third-order valence-corrected chi connectivity index (χ3v) is 5.96. The lowest BCUT2D eigenvalue weighted by atomic mass is 10.0. The van der Waals surface area contributed by atoms with Crippen molar-refractivity contribution >= 4 is 5.91 Å². The standard InChI is InChI=1S/C22H27N3O/c1-17(26)24-13-6-5-11-20-22(24)14-21(19-9-3-2-4-10-19)25(20)16-18-8-7-12-23-15-18/h2-4,7-10,12,15,20-22H,5-6,11,13-14,16H2,1H3/t20-,21-,22+/m0/s1. The zero-order valence-electron chi connectivity index (χ0n) is 15.4. The first-order chi connectivity index (χ1) is 12.7. The minimum Gasteiger partial charge on any atom is -0.338 e. The Bertz CT molecular complexity index is 734. The summed E-state index contributed by atoms with van der Waals surface area (Å²) in [6.45, 7) is 3.52. The highest BCUT2D eigenvalue weighted by molar-refractivity contribution is 5.73. The molecule has 2 aliphatic rings. The molecule has 2 aliphatic heterocycles. The van der Waals surface area contributed by atoms with Gasteiger partial charge in [-0.2, -0.15) is 0 Å². The molecule has 0 aliphatic carbocycles. The molecule has 2 fully saturated rings. The highest BCUT2D eigenvalue weighted by Crippen LogP contribution is 2.42. The average molecular weight is 349 g/mol. The van der Waals surface area contributed by atoms with Crippen LogP contribution in [0.2, 0.25) is 0 Å². The Labute approximate surface area is 155 Å². The molecule has 136 valence electrons. The summed E-state index contributed by atoms with van der Waals surface area (Å²) in [6.07, 6.45) is 8.29. The van der Waals surface area contributed by atoms with E-state index in [9.17, 15) is 4.79 Å². The van der Waals surface area contributed by atoms with Gasteiger partial charge in [-0.25, -0.2) is 0 Å². The SMILES string of the molecule is CC(=O)N1CCCC[C@H]2[C@H]1C[C@@H](c1ccccc1)N2Cc1cccnc1. The summed E-state index contributed by atoms with van der Waals surface area (Å²) < 4.78 is 0. The highest BCUT2D eigenvalue weighted by Gasteiger charge is 2.45. The zero-order valence-corrected chi connectivity index (χ0v) is 15.4. The molecule has 4 heteroatoms. The molecular formula is C22H27N3O. The molecule has 0 bridgehead atoms. The maximum atomic E-state index is 12.3. The number of hydrogen-bond donors (Lipinski definition) is 0. The molecule has 3 atom stereocenters. The molecule has 0 unspecified atom stereocenters. The van der Waals surface area contributed by atoms with Crippen molar-refractivity contribution in [2.24, 2.45) is 0 Å². The third-order valence-electron chi connectivity index (χ3n) is 5.96. The summed E-state index contributed by atoms with van der Waals surface area (Å²) in [4.78, 5) is 21.4. The molecule has 1 aromatic carbocycles. The van der Waals surface area contributed by atoms with Crippen LogP contribution in [0.3, 0.4) is 0 Å². The lowest BCUT2D eigenvalue weighted by Crippen LogP contribution is -2.45. The van der Waals surface area contributed by atoms with Crippen LogP contribution in [0.4, 0.5) is 0 Å². The minimum absolute atomic E-state index is 0.219. The molecule has 2 saturated heterocycles. The van der Waals surface area contributed by atoms with Gasteiger partial charge in [0.25, 0.3) is 0 Å². The Balaban J connectivity index is 1.69. The number of carbonyl (C=O) groups is 1. The van der Waals surface area contributed by atoms with Gasteiger partial charge in [-0.3, -0.25) is 14.7 Å². The molecule has 0 N–H and O–H groups in total. The summed E-state index contributed by atoms with van der Waals surface area (Å²) >= 11 is 0. The van der Waals surface area contributed by atoms with Crippen LogP contribution < -0.4 is 0 Å². The van der Waals surface area contributed by atoms with Gasteiger partial charge in [0, 0.05) is 50.5 Å². The van der Waals surface area contributed by atoms with Gasteiger partial charge in [0.05, 0.1) is 0 Å². The van der Waals surface area contributed by atoms with E-state index in [0.29, 0.717) is 18.1 Å². The fraction of sp³-hybridized carbons (Fsp3) is 0.455. The van der Waals surface area contributed by atoms with Crippen molar-refractivity contribution in [3.8, 4) is 0 Å². The van der Waals surface area contributed by atoms with Crippen molar-refractivity contribution in [2.45, 2.75) is 57.3 Å². The fourth-order valence-electron chi connectivity index (χ4n) is 4.79. The van der Waals surface area contributed by atoms with E-state index >= 15 is 0 Å². The first-order valence-corrected chi connectivity index (χ1v) is 9.71. The monoisotopic (exact) mass is 349 g/mol. The van der Waals surface area contributed by atoms with E-state index in [1.54, 1.807) is 6.92 Å². The smallest absolute Gasteiger partial charge is 0.219 e. The van der Waals surface area contributed by atoms with Crippen molar-refractivity contribution in [3.05, 3.63) is 66.0 Å². The second kappa shape index (κ2) is 7.58. The second-order valence-corrected chi connectivity index (χ2v) is 7.54. The van der Waals surface area contributed by atoms with E-state index in [0.717, 1.165) is 32.4 Å². The predicted octanol–water partition coefficient (Wildman–Crippen LogP) is 3.80. The molecule has 0 spiro atoms. The number of pyridine rings is 1. The summed E-state index contributed by atoms with van der Waals surface area (Å²) in [5.74, 6) is 0.219. The van der Waals surface area contributed by atoms with Crippen LogP contribution >= 0.6 is 0 Å². The molecule has 26 heavy (non-hydrogen) atoms. The molecule has 0 saturated carbocycles. The highest BCUT2D eigenvalue weighted by atomic mass is 16.2. The van der Waals surface area contributed by atoms with Crippen molar-refractivity contribution in [1.82, 2.24) is 14.8 Å². The maximum absolute atomic E-state index is 12.3. The largest absolute Gasteiger partial charge is 0.338 e.